The summed E-state index contributed by atoms with van der Waals surface area (Å²) in [7, 11) is 4.22. The van der Waals surface area contributed by atoms with E-state index >= 15 is 0 Å². The molecule has 0 aromatic carbocycles. The molecule has 0 amide bonds. The fourth-order valence-electron chi connectivity index (χ4n) is 1.64. The van der Waals surface area contributed by atoms with Crippen molar-refractivity contribution >= 4 is 0 Å². The van der Waals surface area contributed by atoms with Gasteiger partial charge in [-0.25, -0.2) is 5.01 Å². The van der Waals surface area contributed by atoms with Crippen molar-refractivity contribution in [1.82, 2.24) is 9.91 Å². The largest absolute Gasteiger partial charge is 0.305 e. The highest BCUT2D eigenvalue weighted by molar-refractivity contribution is 4.85. The van der Waals surface area contributed by atoms with Gasteiger partial charge < -0.3 is 4.90 Å². The Kier molecular flexibility index (Phi) is 2.28. The first-order chi connectivity index (χ1) is 4.63. The summed E-state index contributed by atoms with van der Waals surface area (Å²) in [5.41, 5.74) is 0. The summed E-state index contributed by atoms with van der Waals surface area (Å²) < 4.78 is 0. The molecule has 1 aliphatic rings. The van der Waals surface area contributed by atoms with E-state index in [1.807, 2.05) is 5.01 Å². The molecule has 2 unspecified atom stereocenters. The molecular formula is C7H17N3. The zero-order chi connectivity index (χ0) is 7.72. The highest BCUT2D eigenvalue weighted by atomic mass is 15.4. The third-order valence-corrected chi connectivity index (χ3v) is 2.43. The molecule has 1 aliphatic heterocycles. The van der Waals surface area contributed by atoms with Gasteiger partial charge in [-0.05, 0) is 27.4 Å². The van der Waals surface area contributed by atoms with Crippen molar-refractivity contribution in [3.05, 3.63) is 0 Å². The summed E-state index contributed by atoms with van der Waals surface area (Å²) in [6.45, 7) is 3.21. The van der Waals surface area contributed by atoms with Crippen LogP contribution in [0, 0.1) is 0 Å². The van der Waals surface area contributed by atoms with Gasteiger partial charge in [0.1, 0.15) is 0 Å². The SMILES string of the molecule is CC1C(N(C)C)CCN1N. The molecule has 0 aromatic rings. The van der Waals surface area contributed by atoms with Gasteiger partial charge in [0.25, 0.3) is 0 Å². The molecule has 60 valence electrons. The summed E-state index contributed by atoms with van der Waals surface area (Å²) in [6.07, 6.45) is 1.20. The van der Waals surface area contributed by atoms with Gasteiger partial charge in [-0.1, -0.05) is 0 Å². The zero-order valence-electron chi connectivity index (χ0n) is 7.04. The molecule has 0 spiro atoms. The fraction of sp³-hybridized carbons (Fsp3) is 1.00. The average molecular weight is 143 g/mol. The molecular weight excluding hydrogens is 126 g/mol. The first kappa shape index (κ1) is 7.98. The van der Waals surface area contributed by atoms with Crippen LogP contribution in [-0.4, -0.2) is 42.6 Å². The molecule has 2 atom stereocenters. The topological polar surface area (TPSA) is 32.5 Å². The highest BCUT2D eigenvalue weighted by Gasteiger charge is 2.29. The number of hydrogen-bond donors (Lipinski definition) is 1. The minimum Gasteiger partial charge on any atom is -0.305 e. The number of rotatable bonds is 1. The lowest BCUT2D eigenvalue weighted by Crippen LogP contribution is -2.42. The van der Waals surface area contributed by atoms with Crippen molar-refractivity contribution in [2.45, 2.75) is 25.4 Å². The van der Waals surface area contributed by atoms with E-state index in [9.17, 15) is 0 Å². The summed E-state index contributed by atoms with van der Waals surface area (Å²) in [6, 6.07) is 1.15. The molecule has 1 rings (SSSR count). The maximum absolute atomic E-state index is 5.71. The molecule has 2 N–H and O–H groups in total. The van der Waals surface area contributed by atoms with Gasteiger partial charge in [0, 0.05) is 18.6 Å². The Hall–Kier alpha value is -0.120. The zero-order valence-corrected chi connectivity index (χ0v) is 7.04. The van der Waals surface area contributed by atoms with E-state index < -0.39 is 0 Å². The molecule has 3 heteroatoms. The fourth-order valence-corrected chi connectivity index (χ4v) is 1.64. The smallest absolute Gasteiger partial charge is 0.0368 e. The maximum atomic E-state index is 5.71. The van der Waals surface area contributed by atoms with Crippen molar-refractivity contribution < 1.29 is 0 Å². The minimum absolute atomic E-state index is 0.509. The van der Waals surface area contributed by atoms with Crippen LogP contribution in [0.5, 0.6) is 0 Å². The molecule has 1 heterocycles. The Balaban J connectivity index is 2.49. The summed E-state index contributed by atoms with van der Waals surface area (Å²) >= 11 is 0. The van der Waals surface area contributed by atoms with Crippen molar-refractivity contribution in [3.63, 3.8) is 0 Å². The van der Waals surface area contributed by atoms with Gasteiger partial charge in [-0.3, -0.25) is 5.84 Å². The van der Waals surface area contributed by atoms with Crippen LogP contribution < -0.4 is 5.84 Å². The van der Waals surface area contributed by atoms with Crippen LogP contribution in [0.25, 0.3) is 0 Å². The quantitative estimate of drug-likeness (QED) is 0.520. The number of nitrogens with zero attached hydrogens (tertiary/aromatic N) is 2. The van der Waals surface area contributed by atoms with Crippen molar-refractivity contribution in [2.24, 2.45) is 5.84 Å². The van der Waals surface area contributed by atoms with Crippen LogP contribution in [0.4, 0.5) is 0 Å². The molecule has 3 nitrogen and oxygen atoms in total. The summed E-state index contributed by atoms with van der Waals surface area (Å²) in [5.74, 6) is 5.71. The Morgan fingerprint density at radius 1 is 1.50 bits per heavy atom. The van der Waals surface area contributed by atoms with Gasteiger partial charge in [-0.2, -0.15) is 0 Å². The Morgan fingerprint density at radius 3 is 2.30 bits per heavy atom. The lowest BCUT2D eigenvalue weighted by atomic mass is 10.1. The second-order valence-electron chi connectivity index (χ2n) is 3.30. The lowest BCUT2D eigenvalue weighted by molar-refractivity contribution is 0.201. The van der Waals surface area contributed by atoms with Gasteiger partial charge >= 0.3 is 0 Å². The predicted molar refractivity (Wildman–Crippen MR) is 42.4 cm³/mol. The first-order valence-corrected chi connectivity index (χ1v) is 3.80. The second-order valence-corrected chi connectivity index (χ2v) is 3.30. The first-order valence-electron chi connectivity index (χ1n) is 3.80. The Labute approximate surface area is 62.8 Å². The van der Waals surface area contributed by atoms with E-state index in [-0.39, 0.29) is 0 Å². The van der Waals surface area contributed by atoms with Crippen LogP contribution in [0.1, 0.15) is 13.3 Å². The standard InChI is InChI=1S/C7H17N3/c1-6-7(9(2)3)4-5-10(6)8/h6-7H,4-5,8H2,1-3H3. The molecule has 0 aliphatic carbocycles. The van der Waals surface area contributed by atoms with E-state index in [2.05, 4.69) is 25.9 Å². The van der Waals surface area contributed by atoms with E-state index in [4.69, 9.17) is 5.84 Å². The molecule has 0 radical (unpaired) electrons. The van der Waals surface area contributed by atoms with Crippen LogP contribution in [-0.2, 0) is 0 Å². The van der Waals surface area contributed by atoms with E-state index in [0.29, 0.717) is 12.1 Å². The van der Waals surface area contributed by atoms with Crippen LogP contribution >= 0.6 is 0 Å². The maximum Gasteiger partial charge on any atom is 0.0368 e. The van der Waals surface area contributed by atoms with Crippen LogP contribution in [0.3, 0.4) is 0 Å². The molecule has 0 aromatic heterocycles. The number of hydrazine groups is 1. The lowest BCUT2D eigenvalue weighted by Gasteiger charge is -2.25. The highest BCUT2D eigenvalue weighted by Crippen LogP contribution is 2.16. The predicted octanol–water partition coefficient (Wildman–Crippen LogP) is -0.115. The van der Waals surface area contributed by atoms with Crippen molar-refractivity contribution in [1.29, 1.82) is 0 Å². The monoisotopic (exact) mass is 143 g/mol. The van der Waals surface area contributed by atoms with Crippen LogP contribution in [0.15, 0.2) is 0 Å². The second kappa shape index (κ2) is 2.86. The Morgan fingerprint density at radius 2 is 2.10 bits per heavy atom. The van der Waals surface area contributed by atoms with Gasteiger partial charge in [0.2, 0.25) is 0 Å². The third kappa shape index (κ3) is 1.31. The van der Waals surface area contributed by atoms with Gasteiger partial charge in [-0.15, -0.1) is 0 Å². The normalized spacial score (nSPS) is 35.7. The van der Waals surface area contributed by atoms with Gasteiger partial charge in [0.15, 0.2) is 0 Å². The number of nitrogens with two attached hydrogens (primary N) is 1. The minimum atomic E-state index is 0.509. The van der Waals surface area contributed by atoms with Crippen molar-refractivity contribution in [2.75, 3.05) is 20.6 Å². The van der Waals surface area contributed by atoms with Gasteiger partial charge in [0.05, 0.1) is 0 Å². The van der Waals surface area contributed by atoms with E-state index in [0.717, 1.165) is 6.54 Å². The molecule has 1 fully saturated rings. The number of likely N-dealkylation sites (N-methyl/N-ethyl adjacent to an activating group) is 1. The summed E-state index contributed by atoms with van der Waals surface area (Å²) in [5, 5.41) is 1.92. The molecule has 0 saturated carbocycles. The van der Waals surface area contributed by atoms with E-state index in [1.165, 1.54) is 6.42 Å². The third-order valence-electron chi connectivity index (χ3n) is 2.43. The summed E-state index contributed by atoms with van der Waals surface area (Å²) in [4.78, 5) is 2.25. The van der Waals surface area contributed by atoms with E-state index in [1.54, 1.807) is 0 Å². The van der Waals surface area contributed by atoms with Crippen LogP contribution in [0.2, 0.25) is 0 Å². The number of hydrogen-bond acceptors (Lipinski definition) is 3. The Bertz CT molecular complexity index is 113. The van der Waals surface area contributed by atoms with Crippen molar-refractivity contribution in [3.8, 4) is 0 Å². The average Bonchev–Trinajstić information content (AvgIpc) is 2.14. The molecule has 10 heavy (non-hydrogen) atoms. The molecule has 1 saturated heterocycles. The molecule has 0 bridgehead atoms.